The van der Waals surface area contributed by atoms with Crippen LogP contribution in [0.2, 0.25) is 0 Å². The van der Waals surface area contributed by atoms with Crippen molar-refractivity contribution in [1.82, 2.24) is 4.98 Å². The van der Waals surface area contributed by atoms with E-state index in [1.54, 1.807) is 0 Å². The highest BCUT2D eigenvalue weighted by atomic mass is 16.3. The van der Waals surface area contributed by atoms with E-state index in [2.05, 4.69) is 57.2 Å². The van der Waals surface area contributed by atoms with Crippen LogP contribution >= 0.6 is 0 Å². The molecule has 0 aliphatic heterocycles. The Hall–Kier alpha value is -3.59. The zero-order valence-electron chi connectivity index (χ0n) is 17.9. The fraction of sp³-hybridized carbons (Fsp3) is 0.179. The van der Waals surface area contributed by atoms with Crippen LogP contribution in [-0.2, 0) is 6.42 Å². The Kier molecular flexibility index (Phi) is 3.94. The van der Waals surface area contributed by atoms with Crippen molar-refractivity contribution in [3.8, 4) is 11.3 Å². The smallest absolute Gasteiger partial charge is 0.145 e. The molecule has 0 N–H and O–H groups in total. The second-order valence-corrected chi connectivity index (χ2v) is 8.79. The Balaban J connectivity index is 1.75. The van der Waals surface area contributed by atoms with E-state index >= 15 is 0 Å². The van der Waals surface area contributed by atoms with Crippen molar-refractivity contribution in [3.05, 3.63) is 78.0 Å². The summed E-state index contributed by atoms with van der Waals surface area (Å²) < 4.78 is 12.7. The first-order valence-corrected chi connectivity index (χ1v) is 10.8. The largest absolute Gasteiger partial charge is 0.456 e. The molecule has 0 saturated heterocycles. The van der Waals surface area contributed by atoms with E-state index in [-0.39, 0.29) is 0 Å². The van der Waals surface area contributed by atoms with Gasteiger partial charge in [0.1, 0.15) is 22.3 Å². The molecule has 6 aromatic rings. The lowest BCUT2D eigenvalue weighted by molar-refractivity contribution is 0.644. The number of pyridine rings is 1. The predicted molar refractivity (Wildman–Crippen MR) is 128 cm³/mol. The molecule has 0 fully saturated rings. The number of para-hydroxylation sites is 2. The minimum Gasteiger partial charge on any atom is -0.456 e. The molecule has 0 bridgehead atoms. The Bertz CT molecular complexity index is 1600. The van der Waals surface area contributed by atoms with Gasteiger partial charge in [-0.05, 0) is 54.7 Å². The van der Waals surface area contributed by atoms with Crippen molar-refractivity contribution in [2.24, 2.45) is 5.92 Å². The maximum absolute atomic E-state index is 6.43. The van der Waals surface area contributed by atoms with Crippen LogP contribution in [0.1, 0.15) is 25.0 Å². The topological polar surface area (TPSA) is 39.2 Å². The molecule has 0 unspecified atom stereocenters. The molecule has 3 heterocycles. The van der Waals surface area contributed by atoms with Gasteiger partial charge in [0.15, 0.2) is 0 Å². The van der Waals surface area contributed by atoms with Gasteiger partial charge in [-0.3, -0.25) is 4.98 Å². The summed E-state index contributed by atoms with van der Waals surface area (Å²) in [5.74, 6) is 0.582. The molecule has 0 atom stereocenters. The quantitative estimate of drug-likeness (QED) is 0.299. The number of aromatic nitrogens is 1. The first-order chi connectivity index (χ1) is 15.1. The number of fused-ring (bicyclic) bond motifs is 7. The van der Waals surface area contributed by atoms with E-state index in [0.29, 0.717) is 5.92 Å². The maximum Gasteiger partial charge on any atom is 0.145 e. The van der Waals surface area contributed by atoms with Gasteiger partial charge in [-0.15, -0.1) is 0 Å². The summed E-state index contributed by atoms with van der Waals surface area (Å²) in [5, 5.41) is 4.41. The average Bonchev–Trinajstić information content (AvgIpc) is 3.32. The monoisotopic (exact) mass is 405 g/mol. The van der Waals surface area contributed by atoms with E-state index < -0.39 is 0 Å². The first kappa shape index (κ1) is 18.2. The van der Waals surface area contributed by atoms with E-state index in [1.807, 2.05) is 30.5 Å². The number of aryl methyl sites for hydroxylation is 1. The number of furan rings is 2. The molecule has 0 aliphatic carbocycles. The van der Waals surface area contributed by atoms with Crippen LogP contribution in [0.4, 0.5) is 0 Å². The second-order valence-electron chi connectivity index (χ2n) is 8.79. The van der Waals surface area contributed by atoms with Gasteiger partial charge in [-0.2, -0.15) is 0 Å². The number of hydrogen-bond acceptors (Lipinski definition) is 3. The Labute approximate surface area is 180 Å². The Morgan fingerprint density at radius 2 is 1.48 bits per heavy atom. The predicted octanol–water partition coefficient (Wildman–Crippen LogP) is 8.05. The van der Waals surface area contributed by atoms with Crippen molar-refractivity contribution in [1.29, 1.82) is 0 Å². The SMILES string of the molecule is Cc1cnc(-c2cc3oc4ccccc4c3c3c2oc2ccccc23)cc1CC(C)C. The first-order valence-electron chi connectivity index (χ1n) is 10.8. The lowest BCUT2D eigenvalue weighted by Crippen LogP contribution is -1.99. The van der Waals surface area contributed by atoms with Crippen LogP contribution in [0.5, 0.6) is 0 Å². The fourth-order valence-corrected chi connectivity index (χ4v) is 4.67. The third-order valence-corrected chi connectivity index (χ3v) is 6.11. The Morgan fingerprint density at radius 3 is 2.23 bits per heavy atom. The standard InChI is InChI=1S/C28H23NO2/c1-16(2)12-18-13-22(29-15-17(18)3)21-14-25-26(19-8-4-6-10-23(19)30-25)27-20-9-5-7-11-24(20)31-28(21)27/h4-11,13-16H,12H2,1-3H3. The van der Waals surface area contributed by atoms with E-state index in [1.165, 1.54) is 11.1 Å². The molecule has 3 nitrogen and oxygen atoms in total. The van der Waals surface area contributed by atoms with Gasteiger partial charge in [0.25, 0.3) is 0 Å². The molecule has 0 saturated carbocycles. The summed E-state index contributed by atoms with van der Waals surface area (Å²) in [6, 6.07) is 20.7. The van der Waals surface area contributed by atoms with Crippen molar-refractivity contribution in [2.75, 3.05) is 0 Å². The van der Waals surface area contributed by atoms with Gasteiger partial charge in [-0.25, -0.2) is 0 Å². The van der Waals surface area contributed by atoms with Crippen LogP contribution in [0.15, 0.2) is 75.7 Å². The molecule has 0 radical (unpaired) electrons. The molecule has 31 heavy (non-hydrogen) atoms. The van der Waals surface area contributed by atoms with E-state index in [4.69, 9.17) is 13.8 Å². The fourth-order valence-electron chi connectivity index (χ4n) is 4.67. The van der Waals surface area contributed by atoms with Crippen LogP contribution in [0, 0.1) is 12.8 Å². The minimum atomic E-state index is 0.582. The highest BCUT2D eigenvalue weighted by Crippen LogP contribution is 2.44. The van der Waals surface area contributed by atoms with E-state index in [9.17, 15) is 0 Å². The highest BCUT2D eigenvalue weighted by Gasteiger charge is 2.21. The molecule has 0 amide bonds. The van der Waals surface area contributed by atoms with Crippen molar-refractivity contribution in [2.45, 2.75) is 27.2 Å². The Morgan fingerprint density at radius 1 is 0.806 bits per heavy atom. The lowest BCUT2D eigenvalue weighted by atomic mass is 9.96. The van der Waals surface area contributed by atoms with Crippen LogP contribution in [-0.4, -0.2) is 4.98 Å². The number of rotatable bonds is 3. The molecular formula is C28H23NO2. The molecule has 3 aromatic carbocycles. The van der Waals surface area contributed by atoms with Crippen molar-refractivity contribution in [3.63, 3.8) is 0 Å². The lowest BCUT2D eigenvalue weighted by Gasteiger charge is -2.11. The average molecular weight is 405 g/mol. The van der Waals surface area contributed by atoms with E-state index in [0.717, 1.165) is 61.6 Å². The summed E-state index contributed by atoms with van der Waals surface area (Å²) in [5.41, 5.74) is 7.95. The second kappa shape index (κ2) is 6.71. The summed E-state index contributed by atoms with van der Waals surface area (Å²) >= 11 is 0. The third-order valence-electron chi connectivity index (χ3n) is 6.11. The van der Waals surface area contributed by atoms with Crippen LogP contribution in [0.3, 0.4) is 0 Å². The normalized spacial score (nSPS) is 12.1. The zero-order valence-corrected chi connectivity index (χ0v) is 17.9. The van der Waals surface area contributed by atoms with Crippen molar-refractivity contribution < 1.29 is 8.83 Å². The van der Waals surface area contributed by atoms with Crippen LogP contribution in [0.25, 0.3) is 55.1 Å². The zero-order chi connectivity index (χ0) is 21.1. The maximum atomic E-state index is 6.43. The highest BCUT2D eigenvalue weighted by molar-refractivity contribution is 6.28. The molecule has 0 spiro atoms. The summed E-state index contributed by atoms with van der Waals surface area (Å²) in [6.07, 6.45) is 3.00. The summed E-state index contributed by atoms with van der Waals surface area (Å²) in [6.45, 7) is 6.63. The molecule has 0 aliphatic rings. The number of benzene rings is 3. The molecule has 6 rings (SSSR count). The van der Waals surface area contributed by atoms with Gasteiger partial charge in [-0.1, -0.05) is 50.2 Å². The van der Waals surface area contributed by atoms with Gasteiger partial charge in [0.2, 0.25) is 0 Å². The van der Waals surface area contributed by atoms with Gasteiger partial charge < -0.3 is 8.83 Å². The molecule has 152 valence electrons. The van der Waals surface area contributed by atoms with Crippen molar-refractivity contribution >= 4 is 43.9 Å². The molecule has 3 heteroatoms. The minimum absolute atomic E-state index is 0.582. The number of nitrogens with zero attached hydrogens (tertiary/aromatic N) is 1. The summed E-state index contributed by atoms with van der Waals surface area (Å²) in [7, 11) is 0. The van der Waals surface area contributed by atoms with Crippen LogP contribution < -0.4 is 0 Å². The molecule has 3 aromatic heterocycles. The summed E-state index contributed by atoms with van der Waals surface area (Å²) in [4.78, 5) is 4.80. The van der Waals surface area contributed by atoms with Gasteiger partial charge >= 0.3 is 0 Å². The number of hydrogen-bond donors (Lipinski definition) is 0. The molecular weight excluding hydrogens is 382 g/mol. The van der Waals surface area contributed by atoms with Gasteiger partial charge in [0, 0.05) is 33.3 Å². The third kappa shape index (κ3) is 2.77. The van der Waals surface area contributed by atoms with Gasteiger partial charge in [0.05, 0.1) is 5.69 Å².